The second-order valence-electron chi connectivity index (χ2n) is 12.6. The average Bonchev–Trinajstić information content (AvgIpc) is 3.07. The monoisotopic (exact) mass is 724 g/mol. The number of likely N-dealkylation sites (tertiary alicyclic amines) is 2. The first kappa shape index (κ1) is 40.7. The molecule has 2 aromatic carbocycles. The molecule has 0 atom stereocenters. The second-order valence-corrected chi connectivity index (χ2v) is 13.1. The van der Waals surface area contributed by atoms with Gasteiger partial charge in [-0.1, -0.05) is 38.6 Å². The first-order valence-electron chi connectivity index (χ1n) is 16.4. The number of hydrogen-bond acceptors (Lipinski definition) is 6. The highest BCUT2D eigenvalue weighted by Crippen LogP contribution is 2.24. The van der Waals surface area contributed by atoms with E-state index in [1.807, 2.05) is 23.1 Å². The highest BCUT2D eigenvalue weighted by atomic mass is 35.5. The average molecular weight is 725 g/mol. The van der Waals surface area contributed by atoms with Crippen molar-refractivity contribution in [2.24, 2.45) is 11.8 Å². The van der Waals surface area contributed by atoms with Crippen LogP contribution in [-0.2, 0) is 35.3 Å². The molecule has 4 heterocycles. The smallest absolute Gasteiger partial charge is 0.264 e. The number of hydrogen-bond donors (Lipinski definition) is 2. The van der Waals surface area contributed by atoms with E-state index in [0.29, 0.717) is 48.3 Å². The molecule has 2 N–H and O–H groups in total. The quantitative estimate of drug-likeness (QED) is 0.237. The van der Waals surface area contributed by atoms with Gasteiger partial charge in [-0.3, -0.25) is 19.2 Å². The van der Waals surface area contributed by atoms with Crippen LogP contribution in [0.25, 0.3) is 0 Å². The zero-order valence-corrected chi connectivity index (χ0v) is 27.8. The molecule has 51 heavy (non-hydrogen) atoms. The summed E-state index contributed by atoms with van der Waals surface area (Å²) in [6, 6.07) is 17.5. The van der Waals surface area contributed by atoms with Gasteiger partial charge in [-0.2, -0.15) is 10.2 Å². The molecule has 0 bridgehead atoms. The molecule has 2 aliphatic heterocycles. The van der Waals surface area contributed by atoms with Crippen LogP contribution in [0.5, 0.6) is 0 Å². The Bertz CT molecular complexity index is 1790. The Kier molecular flexibility index (Phi) is 15.7. The summed E-state index contributed by atoms with van der Waals surface area (Å²) in [5.74, 6) is -0.201. The Morgan fingerprint density at radius 1 is 0.667 bits per heavy atom. The lowest BCUT2D eigenvalue weighted by molar-refractivity contribution is -0.132. The summed E-state index contributed by atoms with van der Waals surface area (Å²) in [7, 11) is 0. The molecular weight excluding hydrogens is 678 g/mol. The minimum Gasteiger partial charge on any atom is -0.342 e. The van der Waals surface area contributed by atoms with Crippen LogP contribution < -0.4 is 11.1 Å². The van der Waals surface area contributed by atoms with Crippen molar-refractivity contribution in [3.8, 4) is 0 Å². The number of piperidine rings is 2. The van der Waals surface area contributed by atoms with E-state index in [2.05, 4.69) is 26.5 Å². The van der Waals surface area contributed by atoms with Gasteiger partial charge >= 0.3 is 0 Å². The number of aromatic nitrogens is 4. The summed E-state index contributed by atoms with van der Waals surface area (Å²) < 4.78 is 26.5. The summed E-state index contributed by atoms with van der Waals surface area (Å²) in [5, 5.41) is 13.2. The molecule has 2 fully saturated rings. The Hall–Kier alpha value is -4.71. The fraction of sp³-hybridized carbons (Fsp3) is 0.421. The zero-order chi connectivity index (χ0) is 34.8. The Morgan fingerprint density at radius 3 is 1.53 bits per heavy atom. The molecule has 6 rings (SSSR count). The van der Waals surface area contributed by atoms with Crippen LogP contribution in [0.1, 0.15) is 63.1 Å². The van der Waals surface area contributed by atoms with E-state index in [4.69, 9.17) is 11.6 Å². The molecule has 10 nitrogen and oxygen atoms in total. The summed E-state index contributed by atoms with van der Waals surface area (Å²) in [5.41, 5.74) is 2.48. The van der Waals surface area contributed by atoms with Crippen molar-refractivity contribution in [1.82, 2.24) is 30.2 Å². The number of nitrogens with one attached hydrogen (secondary N) is 2. The predicted molar refractivity (Wildman–Crippen MR) is 194 cm³/mol. The number of carbonyl (C=O) groups excluding carboxylic acids is 2. The highest BCUT2D eigenvalue weighted by Gasteiger charge is 2.25. The molecule has 2 amide bonds. The van der Waals surface area contributed by atoms with Gasteiger partial charge in [0.2, 0.25) is 11.8 Å². The van der Waals surface area contributed by atoms with E-state index in [1.165, 1.54) is 29.8 Å². The lowest BCUT2D eigenvalue weighted by atomic mass is 9.90. The third kappa shape index (κ3) is 12.8. The number of benzene rings is 2. The van der Waals surface area contributed by atoms with Gasteiger partial charge in [0.25, 0.3) is 11.1 Å². The first-order valence-corrected chi connectivity index (χ1v) is 16.8. The van der Waals surface area contributed by atoms with Gasteiger partial charge in [-0.05, 0) is 97.9 Å². The maximum absolute atomic E-state index is 13.3. The minimum atomic E-state index is -0.559. The minimum absolute atomic E-state index is 0. The van der Waals surface area contributed by atoms with Crippen molar-refractivity contribution in [2.45, 2.75) is 66.2 Å². The molecule has 0 saturated carbocycles. The fourth-order valence-corrected chi connectivity index (χ4v) is 6.52. The van der Waals surface area contributed by atoms with E-state index in [9.17, 15) is 28.0 Å². The van der Waals surface area contributed by atoms with Crippen molar-refractivity contribution in [2.75, 3.05) is 26.2 Å². The number of H-pyrrole nitrogens is 2. The van der Waals surface area contributed by atoms with Crippen LogP contribution in [0.2, 0.25) is 5.02 Å². The lowest BCUT2D eigenvalue weighted by Gasteiger charge is -2.32. The van der Waals surface area contributed by atoms with Gasteiger partial charge in [0, 0.05) is 49.4 Å². The second kappa shape index (κ2) is 19.6. The van der Waals surface area contributed by atoms with Crippen molar-refractivity contribution < 1.29 is 18.4 Å². The van der Waals surface area contributed by atoms with E-state index >= 15 is 0 Å². The fourth-order valence-electron chi connectivity index (χ4n) is 6.31. The molecule has 2 aromatic heterocycles. The van der Waals surface area contributed by atoms with E-state index < -0.39 is 11.6 Å². The van der Waals surface area contributed by atoms with Crippen molar-refractivity contribution in [3.63, 3.8) is 0 Å². The third-order valence-electron chi connectivity index (χ3n) is 8.93. The van der Waals surface area contributed by atoms with Crippen LogP contribution in [0.15, 0.2) is 76.3 Å². The summed E-state index contributed by atoms with van der Waals surface area (Å²) in [6.07, 6.45) is 5.58. The van der Waals surface area contributed by atoms with E-state index in [0.717, 1.165) is 56.3 Å². The number of amides is 2. The predicted octanol–water partition coefficient (Wildman–Crippen LogP) is 5.79. The topological polar surface area (TPSA) is 132 Å². The van der Waals surface area contributed by atoms with Crippen LogP contribution in [-0.4, -0.2) is 68.2 Å². The third-order valence-corrected chi connectivity index (χ3v) is 9.17. The molecule has 0 unspecified atom stereocenters. The lowest BCUT2D eigenvalue weighted by Crippen LogP contribution is -2.39. The standard InChI is InChI=1S/C18H20ClN3O2.C18H19F2N3O2.2CH4/c19-15-3-1-2-14(11-15)10-13-6-8-22(9-7-13)18(24)12-16-4-5-17(23)21-20-16;19-14-8-13(9-15(20)10-14)7-12-3-5-23(6-4-12)18(25)11-16-1-2-17(24)22-21-16;;/h1-5,11,13H,6-10,12H2,(H,21,23);1-2,8-10,12H,3-7,11H2,(H,22,24);2*1H4. The van der Waals surface area contributed by atoms with Gasteiger partial charge < -0.3 is 9.80 Å². The molecule has 0 spiro atoms. The summed E-state index contributed by atoms with van der Waals surface area (Å²) >= 11 is 6.03. The van der Waals surface area contributed by atoms with E-state index in [-0.39, 0.29) is 50.6 Å². The molecular formula is C38H47ClF2N6O4. The molecule has 2 aliphatic rings. The largest absolute Gasteiger partial charge is 0.342 e. The molecule has 274 valence electrons. The van der Waals surface area contributed by atoms with Crippen LogP contribution in [0.4, 0.5) is 8.78 Å². The Labute approximate surface area is 302 Å². The summed E-state index contributed by atoms with van der Waals surface area (Å²) in [4.78, 5) is 50.3. The number of aromatic amines is 2. The van der Waals surface area contributed by atoms with Crippen molar-refractivity contribution in [1.29, 1.82) is 0 Å². The van der Waals surface area contributed by atoms with Gasteiger partial charge in [0.05, 0.1) is 24.2 Å². The number of rotatable bonds is 8. The Balaban J connectivity index is 0.000000265. The normalized spacial score (nSPS) is 14.8. The first-order chi connectivity index (χ1) is 23.6. The SMILES string of the molecule is C.C.O=C(Cc1ccc(=O)[nH]n1)N1CCC(Cc2cc(F)cc(F)c2)CC1.O=C(Cc1ccc(=O)[nH]n1)N1CCC(Cc2cccc(Cl)c2)CC1. The van der Waals surface area contributed by atoms with Gasteiger partial charge in [-0.25, -0.2) is 19.0 Å². The van der Waals surface area contributed by atoms with Crippen molar-refractivity contribution >= 4 is 23.4 Å². The molecule has 0 radical (unpaired) electrons. The maximum Gasteiger partial charge on any atom is 0.264 e. The number of nitrogens with zero attached hydrogens (tertiary/aromatic N) is 4. The number of carbonyl (C=O) groups is 2. The van der Waals surface area contributed by atoms with E-state index in [1.54, 1.807) is 17.0 Å². The zero-order valence-electron chi connectivity index (χ0n) is 27.0. The number of halogens is 3. The van der Waals surface area contributed by atoms with Gasteiger partial charge in [-0.15, -0.1) is 0 Å². The van der Waals surface area contributed by atoms with Crippen LogP contribution >= 0.6 is 11.6 Å². The molecule has 2 saturated heterocycles. The molecule has 0 aliphatic carbocycles. The van der Waals surface area contributed by atoms with Gasteiger partial charge in [0.15, 0.2) is 0 Å². The van der Waals surface area contributed by atoms with Crippen LogP contribution in [0.3, 0.4) is 0 Å². The van der Waals surface area contributed by atoms with Crippen LogP contribution in [0, 0.1) is 23.5 Å². The molecule has 4 aromatic rings. The van der Waals surface area contributed by atoms with Gasteiger partial charge in [0.1, 0.15) is 11.6 Å². The maximum atomic E-state index is 13.3. The summed E-state index contributed by atoms with van der Waals surface area (Å²) in [6.45, 7) is 2.77. The highest BCUT2D eigenvalue weighted by molar-refractivity contribution is 6.30. The molecule has 13 heteroatoms. The van der Waals surface area contributed by atoms with Crippen molar-refractivity contribution in [3.05, 3.63) is 127 Å². The Morgan fingerprint density at radius 2 is 1.12 bits per heavy atom.